The highest BCUT2D eigenvalue weighted by atomic mass is 16.3. The smallest absolute Gasteiger partial charge is 0.273 e. The van der Waals surface area contributed by atoms with Crippen LogP contribution in [0, 0.1) is 5.92 Å². The summed E-state index contributed by atoms with van der Waals surface area (Å²) in [4.78, 5) is 16.0. The van der Waals surface area contributed by atoms with Crippen molar-refractivity contribution in [2.45, 2.75) is 13.8 Å². The Morgan fingerprint density at radius 1 is 1.37 bits per heavy atom. The van der Waals surface area contributed by atoms with E-state index in [1.807, 2.05) is 13.8 Å². The SMILES string of the molecule is CC(C)CNC(=O)c1coc(-c2ccc(N)cc2)n1. The molecule has 2 aromatic rings. The number of oxazole rings is 1. The number of carbonyl (C=O) groups excluding carboxylic acids is 1. The van der Waals surface area contributed by atoms with Gasteiger partial charge in [0.1, 0.15) is 6.26 Å². The average Bonchev–Trinajstić information content (AvgIpc) is 2.86. The first-order valence-corrected chi connectivity index (χ1v) is 6.16. The molecule has 1 aromatic heterocycles. The number of nitrogens with two attached hydrogens (primary N) is 1. The van der Waals surface area contributed by atoms with Crippen LogP contribution in [0.4, 0.5) is 5.69 Å². The fourth-order valence-electron chi connectivity index (χ4n) is 1.52. The molecule has 1 aromatic carbocycles. The molecule has 0 unspecified atom stereocenters. The molecule has 0 aliphatic carbocycles. The first-order chi connectivity index (χ1) is 9.06. The third-order valence-corrected chi connectivity index (χ3v) is 2.57. The van der Waals surface area contributed by atoms with E-state index in [-0.39, 0.29) is 11.6 Å². The van der Waals surface area contributed by atoms with Crippen molar-refractivity contribution in [2.24, 2.45) is 5.92 Å². The molecule has 0 aliphatic rings. The maximum Gasteiger partial charge on any atom is 0.273 e. The molecule has 1 amide bonds. The standard InChI is InChI=1S/C14H17N3O2/c1-9(2)7-16-13(18)12-8-19-14(17-12)10-3-5-11(15)6-4-10/h3-6,8-9H,7,15H2,1-2H3,(H,16,18). The number of hydrogen-bond acceptors (Lipinski definition) is 4. The van der Waals surface area contributed by atoms with Gasteiger partial charge in [-0.25, -0.2) is 4.98 Å². The molecular formula is C14H17N3O2. The van der Waals surface area contributed by atoms with Crippen LogP contribution in [-0.2, 0) is 0 Å². The van der Waals surface area contributed by atoms with Crippen LogP contribution in [0.25, 0.3) is 11.5 Å². The van der Waals surface area contributed by atoms with E-state index in [4.69, 9.17) is 10.2 Å². The zero-order chi connectivity index (χ0) is 13.8. The van der Waals surface area contributed by atoms with Gasteiger partial charge in [0.05, 0.1) is 0 Å². The van der Waals surface area contributed by atoms with E-state index in [2.05, 4.69) is 10.3 Å². The summed E-state index contributed by atoms with van der Waals surface area (Å²) in [5.74, 6) is 0.585. The molecule has 0 aliphatic heterocycles. The highest BCUT2D eigenvalue weighted by Crippen LogP contribution is 2.19. The van der Waals surface area contributed by atoms with Crippen LogP contribution >= 0.6 is 0 Å². The minimum Gasteiger partial charge on any atom is -0.444 e. The number of hydrogen-bond donors (Lipinski definition) is 2. The number of benzene rings is 1. The summed E-state index contributed by atoms with van der Waals surface area (Å²) in [7, 11) is 0. The quantitative estimate of drug-likeness (QED) is 0.825. The van der Waals surface area contributed by atoms with E-state index in [0.717, 1.165) is 5.56 Å². The predicted octanol–water partition coefficient (Wildman–Crippen LogP) is 2.31. The van der Waals surface area contributed by atoms with Crippen LogP contribution in [0.5, 0.6) is 0 Å². The van der Waals surface area contributed by atoms with E-state index in [0.29, 0.717) is 24.0 Å². The van der Waals surface area contributed by atoms with E-state index in [1.165, 1.54) is 6.26 Å². The van der Waals surface area contributed by atoms with Crippen molar-refractivity contribution >= 4 is 11.6 Å². The molecule has 0 atom stereocenters. The van der Waals surface area contributed by atoms with Crippen molar-refractivity contribution in [3.8, 4) is 11.5 Å². The maximum absolute atomic E-state index is 11.8. The first-order valence-electron chi connectivity index (χ1n) is 6.16. The van der Waals surface area contributed by atoms with Gasteiger partial charge < -0.3 is 15.5 Å². The lowest BCUT2D eigenvalue weighted by Crippen LogP contribution is -2.27. The summed E-state index contributed by atoms with van der Waals surface area (Å²) < 4.78 is 5.31. The number of anilines is 1. The highest BCUT2D eigenvalue weighted by molar-refractivity contribution is 5.92. The third-order valence-electron chi connectivity index (χ3n) is 2.57. The molecule has 3 N–H and O–H groups in total. The Morgan fingerprint density at radius 3 is 2.68 bits per heavy atom. The summed E-state index contributed by atoms with van der Waals surface area (Å²) in [6, 6.07) is 7.13. The Labute approximate surface area is 111 Å². The number of nitrogens with one attached hydrogen (secondary N) is 1. The van der Waals surface area contributed by atoms with Crippen molar-refractivity contribution in [3.05, 3.63) is 36.2 Å². The van der Waals surface area contributed by atoms with Gasteiger partial charge in [-0.2, -0.15) is 0 Å². The maximum atomic E-state index is 11.8. The zero-order valence-electron chi connectivity index (χ0n) is 11.0. The van der Waals surface area contributed by atoms with E-state index < -0.39 is 0 Å². The largest absolute Gasteiger partial charge is 0.444 e. The first kappa shape index (κ1) is 13.1. The fourth-order valence-corrected chi connectivity index (χ4v) is 1.52. The number of nitrogens with zero attached hydrogens (tertiary/aromatic N) is 1. The molecule has 19 heavy (non-hydrogen) atoms. The predicted molar refractivity (Wildman–Crippen MR) is 73.5 cm³/mol. The molecular weight excluding hydrogens is 242 g/mol. The number of rotatable bonds is 4. The topological polar surface area (TPSA) is 81.2 Å². The van der Waals surface area contributed by atoms with Crippen LogP contribution in [0.3, 0.4) is 0 Å². The summed E-state index contributed by atoms with van der Waals surface area (Å²) in [5.41, 5.74) is 7.36. The summed E-state index contributed by atoms with van der Waals surface area (Å²) in [5, 5.41) is 2.79. The second kappa shape index (κ2) is 5.56. The molecule has 5 nitrogen and oxygen atoms in total. The second-order valence-electron chi connectivity index (χ2n) is 4.76. The van der Waals surface area contributed by atoms with Crippen LogP contribution < -0.4 is 11.1 Å². The number of nitrogen functional groups attached to an aromatic ring is 1. The summed E-state index contributed by atoms with van der Waals surface area (Å²) in [6.45, 7) is 4.68. The molecule has 0 bridgehead atoms. The van der Waals surface area contributed by atoms with Gasteiger partial charge in [-0.05, 0) is 30.2 Å². The number of carbonyl (C=O) groups is 1. The zero-order valence-corrected chi connectivity index (χ0v) is 11.0. The normalized spacial score (nSPS) is 10.7. The van der Waals surface area contributed by atoms with E-state index >= 15 is 0 Å². The van der Waals surface area contributed by atoms with Crippen molar-refractivity contribution in [1.29, 1.82) is 0 Å². The second-order valence-corrected chi connectivity index (χ2v) is 4.76. The van der Waals surface area contributed by atoms with Crippen molar-refractivity contribution in [2.75, 3.05) is 12.3 Å². The number of aromatic nitrogens is 1. The third kappa shape index (κ3) is 3.34. The van der Waals surface area contributed by atoms with Gasteiger partial charge in [0.25, 0.3) is 5.91 Å². The number of amides is 1. The lowest BCUT2D eigenvalue weighted by molar-refractivity contribution is 0.0944. The Balaban J connectivity index is 2.10. The van der Waals surface area contributed by atoms with Gasteiger partial charge in [0.2, 0.25) is 5.89 Å². The average molecular weight is 259 g/mol. The Kier molecular flexibility index (Phi) is 3.85. The minimum absolute atomic E-state index is 0.223. The lowest BCUT2D eigenvalue weighted by Gasteiger charge is -2.04. The molecule has 0 saturated heterocycles. The Morgan fingerprint density at radius 2 is 2.05 bits per heavy atom. The van der Waals surface area contributed by atoms with Crippen LogP contribution in [0.2, 0.25) is 0 Å². The molecule has 0 saturated carbocycles. The van der Waals surface area contributed by atoms with Gasteiger partial charge in [-0.3, -0.25) is 4.79 Å². The van der Waals surface area contributed by atoms with Gasteiger partial charge in [0.15, 0.2) is 5.69 Å². The van der Waals surface area contributed by atoms with Gasteiger partial charge in [-0.1, -0.05) is 13.8 Å². The lowest BCUT2D eigenvalue weighted by atomic mass is 10.2. The van der Waals surface area contributed by atoms with E-state index in [1.54, 1.807) is 24.3 Å². The van der Waals surface area contributed by atoms with E-state index in [9.17, 15) is 4.79 Å². The van der Waals surface area contributed by atoms with Crippen LogP contribution in [0.1, 0.15) is 24.3 Å². The minimum atomic E-state index is -0.223. The Hall–Kier alpha value is -2.30. The van der Waals surface area contributed by atoms with Gasteiger partial charge >= 0.3 is 0 Å². The van der Waals surface area contributed by atoms with Crippen molar-refractivity contribution in [1.82, 2.24) is 10.3 Å². The van der Waals surface area contributed by atoms with Gasteiger partial charge in [-0.15, -0.1) is 0 Å². The van der Waals surface area contributed by atoms with Crippen molar-refractivity contribution in [3.63, 3.8) is 0 Å². The van der Waals surface area contributed by atoms with Gasteiger partial charge in [0, 0.05) is 17.8 Å². The molecule has 100 valence electrons. The Bertz CT molecular complexity index is 558. The summed E-state index contributed by atoms with van der Waals surface area (Å²) in [6.07, 6.45) is 1.36. The summed E-state index contributed by atoms with van der Waals surface area (Å²) >= 11 is 0. The molecule has 0 fully saturated rings. The van der Waals surface area contributed by atoms with Crippen molar-refractivity contribution < 1.29 is 9.21 Å². The monoisotopic (exact) mass is 259 g/mol. The molecule has 1 heterocycles. The highest BCUT2D eigenvalue weighted by Gasteiger charge is 2.13. The molecule has 0 spiro atoms. The molecule has 0 radical (unpaired) electrons. The molecule has 5 heteroatoms. The fraction of sp³-hybridized carbons (Fsp3) is 0.286. The van der Waals surface area contributed by atoms with Crippen LogP contribution in [-0.4, -0.2) is 17.4 Å². The van der Waals surface area contributed by atoms with Crippen LogP contribution in [0.15, 0.2) is 34.9 Å². The molecule has 2 rings (SSSR count).